The Kier molecular flexibility index (Phi) is 5.76. The average Bonchev–Trinajstić information content (AvgIpc) is 3.16. The summed E-state index contributed by atoms with van der Waals surface area (Å²) in [6, 6.07) is 15.8. The van der Waals surface area contributed by atoms with Crippen LogP contribution >= 0.6 is 0 Å². The Morgan fingerprint density at radius 1 is 0.964 bits per heavy atom. The van der Waals surface area contributed by atoms with Crippen molar-refractivity contribution in [1.29, 1.82) is 0 Å². The molecule has 0 fully saturated rings. The van der Waals surface area contributed by atoms with Crippen LogP contribution in [-0.4, -0.2) is 21.1 Å². The van der Waals surface area contributed by atoms with E-state index in [-0.39, 0.29) is 17.1 Å². The number of sulfonamides is 1. The van der Waals surface area contributed by atoms with E-state index in [4.69, 9.17) is 4.42 Å². The van der Waals surface area contributed by atoms with Gasteiger partial charge in [0.2, 0.25) is 0 Å². The summed E-state index contributed by atoms with van der Waals surface area (Å²) in [6.07, 6.45) is -2.88. The van der Waals surface area contributed by atoms with Crippen LogP contribution in [0.25, 0.3) is 11.3 Å². The molecule has 3 aromatic rings. The Balaban J connectivity index is 1.91. The maximum atomic E-state index is 12.7. The van der Waals surface area contributed by atoms with Gasteiger partial charge in [0.25, 0.3) is 10.0 Å². The smallest absolute Gasteiger partial charge is 0.401 e. The molecule has 1 heterocycles. The molecule has 0 bridgehead atoms. The van der Waals surface area contributed by atoms with Crippen molar-refractivity contribution in [3.05, 3.63) is 72.5 Å². The predicted molar refractivity (Wildman–Crippen MR) is 99.2 cm³/mol. The first-order chi connectivity index (χ1) is 13.2. The molecule has 0 amide bonds. The lowest BCUT2D eigenvalue weighted by Gasteiger charge is -2.14. The van der Waals surface area contributed by atoms with E-state index in [2.05, 4.69) is 10.0 Å². The first kappa shape index (κ1) is 20.0. The van der Waals surface area contributed by atoms with Crippen LogP contribution in [0.3, 0.4) is 0 Å². The van der Waals surface area contributed by atoms with Gasteiger partial charge in [0.15, 0.2) is 0 Å². The lowest BCUT2D eigenvalue weighted by atomic mass is 10.1. The highest BCUT2D eigenvalue weighted by Crippen LogP contribution is 2.31. The van der Waals surface area contributed by atoms with Crippen molar-refractivity contribution in [2.45, 2.75) is 17.6 Å². The highest BCUT2D eigenvalue weighted by atomic mass is 32.2. The first-order valence-electron chi connectivity index (χ1n) is 8.27. The van der Waals surface area contributed by atoms with Crippen molar-refractivity contribution in [2.24, 2.45) is 0 Å². The van der Waals surface area contributed by atoms with E-state index in [1.54, 1.807) is 42.5 Å². The highest BCUT2D eigenvalue weighted by Gasteiger charge is 2.26. The molecule has 0 radical (unpaired) electrons. The van der Waals surface area contributed by atoms with Crippen LogP contribution in [0.2, 0.25) is 0 Å². The van der Waals surface area contributed by atoms with E-state index >= 15 is 0 Å². The molecule has 2 aromatic carbocycles. The number of hydrogen-bond acceptors (Lipinski definition) is 4. The molecule has 28 heavy (non-hydrogen) atoms. The molecular formula is C19H17F3N2O3S. The SMILES string of the molecule is O=S(=O)(Nc1cc(CNCC(F)(F)F)ccc1-c1ccco1)c1ccccc1. The number of alkyl halides is 3. The van der Waals surface area contributed by atoms with Crippen LogP contribution in [0.5, 0.6) is 0 Å². The summed E-state index contributed by atoms with van der Waals surface area (Å²) in [5.74, 6) is 0.431. The van der Waals surface area contributed by atoms with Crippen molar-refractivity contribution in [1.82, 2.24) is 5.32 Å². The Labute approximate surface area is 160 Å². The van der Waals surface area contributed by atoms with Gasteiger partial charge in [-0.25, -0.2) is 8.42 Å². The van der Waals surface area contributed by atoms with E-state index in [9.17, 15) is 21.6 Å². The normalized spacial score (nSPS) is 12.1. The summed E-state index contributed by atoms with van der Waals surface area (Å²) < 4.78 is 70.2. The average molecular weight is 410 g/mol. The van der Waals surface area contributed by atoms with Crippen LogP contribution < -0.4 is 10.0 Å². The van der Waals surface area contributed by atoms with Gasteiger partial charge in [0.05, 0.1) is 23.4 Å². The van der Waals surface area contributed by atoms with Gasteiger partial charge in [0, 0.05) is 12.1 Å². The van der Waals surface area contributed by atoms with Gasteiger partial charge in [-0.1, -0.05) is 24.3 Å². The van der Waals surface area contributed by atoms with Gasteiger partial charge >= 0.3 is 6.18 Å². The van der Waals surface area contributed by atoms with E-state index in [0.717, 1.165) is 0 Å². The number of hydrogen-bond donors (Lipinski definition) is 2. The maximum Gasteiger partial charge on any atom is 0.401 e. The standard InChI is InChI=1S/C19H17F3N2O3S/c20-19(21,22)13-23-12-14-8-9-16(18-7-4-10-27-18)17(11-14)24-28(25,26)15-5-2-1-3-6-15/h1-11,23-24H,12-13H2. The van der Waals surface area contributed by atoms with E-state index < -0.39 is 22.7 Å². The molecule has 0 aliphatic carbocycles. The van der Waals surface area contributed by atoms with Crippen LogP contribution in [0.1, 0.15) is 5.56 Å². The van der Waals surface area contributed by atoms with Crippen molar-refractivity contribution in [2.75, 3.05) is 11.3 Å². The second-order valence-electron chi connectivity index (χ2n) is 5.99. The topological polar surface area (TPSA) is 71.3 Å². The minimum Gasteiger partial charge on any atom is -0.464 e. The number of benzene rings is 2. The Morgan fingerprint density at radius 3 is 2.36 bits per heavy atom. The number of halogens is 3. The summed E-state index contributed by atoms with van der Waals surface area (Å²) in [7, 11) is -3.88. The van der Waals surface area contributed by atoms with Crippen molar-refractivity contribution < 1.29 is 26.0 Å². The Bertz CT molecular complexity index is 1020. The third-order valence-electron chi connectivity index (χ3n) is 3.82. The number of furan rings is 1. The van der Waals surface area contributed by atoms with E-state index in [0.29, 0.717) is 16.9 Å². The van der Waals surface area contributed by atoms with E-state index in [1.165, 1.54) is 24.5 Å². The minimum atomic E-state index is -4.33. The quantitative estimate of drug-likeness (QED) is 0.606. The van der Waals surface area contributed by atoms with E-state index in [1.807, 2.05) is 0 Å². The van der Waals surface area contributed by atoms with Crippen molar-refractivity contribution in [3.63, 3.8) is 0 Å². The van der Waals surface area contributed by atoms with Gasteiger partial charge in [-0.2, -0.15) is 13.2 Å². The maximum absolute atomic E-state index is 12.7. The monoisotopic (exact) mass is 410 g/mol. The predicted octanol–water partition coefficient (Wildman–Crippen LogP) is 4.40. The molecule has 0 aliphatic rings. The molecule has 0 unspecified atom stereocenters. The Morgan fingerprint density at radius 2 is 1.71 bits per heavy atom. The van der Waals surface area contributed by atoms with Gasteiger partial charge in [0.1, 0.15) is 5.76 Å². The minimum absolute atomic E-state index is 0.0704. The van der Waals surface area contributed by atoms with Crippen molar-refractivity contribution in [3.8, 4) is 11.3 Å². The number of rotatable bonds is 7. The number of nitrogens with one attached hydrogen (secondary N) is 2. The summed E-state index contributed by atoms with van der Waals surface area (Å²) in [5.41, 5.74) is 1.18. The fourth-order valence-electron chi connectivity index (χ4n) is 2.58. The third-order valence-corrected chi connectivity index (χ3v) is 5.20. The van der Waals surface area contributed by atoms with Crippen LogP contribution in [0.4, 0.5) is 18.9 Å². The van der Waals surface area contributed by atoms with Crippen LogP contribution in [0.15, 0.2) is 76.2 Å². The van der Waals surface area contributed by atoms with Gasteiger partial charge in [-0.05, 0) is 42.0 Å². The molecule has 0 aliphatic heterocycles. The van der Waals surface area contributed by atoms with Gasteiger partial charge < -0.3 is 9.73 Å². The number of anilines is 1. The summed E-state index contributed by atoms with van der Waals surface area (Å²) in [6.45, 7) is -1.21. The fourth-order valence-corrected chi connectivity index (χ4v) is 3.68. The van der Waals surface area contributed by atoms with Gasteiger partial charge in [-0.15, -0.1) is 0 Å². The first-order valence-corrected chi connectivity index (χ1v) is 9.75. The molecule has 9 heteroatoms. The second kappa shape index (κ2) is 8.07. The zero-order valence-corrected chi connectivity index (χ0v) is 15.3. The zero-order valence-electron chi connectivity index (χ0n) is 14.5. The molecule has 1 aromatic heterocycles. The lowest BCUT2D eigenvalue weighted by Crippen LogP contribution is -2.28. The summed E-state index contributed by atoms with van der Waals surface area (Å²) >= 11 is 0. The molecule has 5 nitrogen and oxygen atoms in total. The van der Waals surface area contributed by atoms with Crippen LogP contribution in [-0.2, 0) is 16.6 Å². The summed E-state index contributed by atoms with van der Waals surface area (Å²) in [4.78, 5) is 0.0704. The summed E-state index contributed by atoms with van der Waals surface area (Å²) in [5, 5.41) is 2.29. The molecule has 3 rings (SSSR count). The van der Waals surface area contributed by atoms with Gasteiger partial charge in [-0.3, -0.25) is 4.72 Å². The Hall–Kier alpha value is -2.78. The molecule has 2 N–H and O–H groups in total. The molecule has 0 saturated carbocycles. The highest BCUT2D eigenvalue weighted by molar-refractivity contribution is 7.92. The molecular weight excluding hydrogens is 393 g/mol. The second-order valence-corrected chi connectivity index (χ2v) is 7.68. The fraction of sp³-hybridized carbons (Fsp3) is 0.158. The molecule has 0 saturated heterocycles. The van der Waals surface area contributed by atoms with Crippen LogP contribution in [0, 0.1) is 0 Å². The molecule has 0 atom stereocenters. The third kappa shape index (κ3) is 5.14. The molecule has 0 spiro atoms. The largest absolute Gasteiger partial charge is 0.464 e. The zero-order chi connectivity index (χ0) is 20.2. The van der Waals surface area contributed by atoms with Crippen molar-refractivity contribution >= 4 is 15.7 Å². The molecule has 148 valence electrons. The lowest BCUT2D eigenvalue weighted by molar-refractivity contribution is -0.125.